The number of carbonyl (C=O) groups excluding carboxylic acids is 3. The summed E-state index contributed by atoms with van der Waals surface area (Å²) in [5, 5.41) is 0. The number of carbonyl (C=O) groups is 3. The van der Waals surface area contributed by atoms with E-state index in [1.54, 1.807) is 0 Å². The number of ether oxygens (including phenoxy) is 3. The average Bonchev–Trinajstić information content (AvgIpc) is 3.34. The van der Waals surface area contributed by atoms with Gasteiger partial charge in [-0.25, -0.2) is 0 Å². The smallest absolute Gasteiger partial charge is 0.306 e. The lowest BCUT2D eigenvalue weighted by molar-refractivity contribution is -0.167. The third-order valence-electron chi connectivity index (χ3n) is 11.5. The van der Waals surface area contributed by atoms with Crippen LogP contribution in [0.15, 0.2) is 109 Å². The van der Waals surface area contributed by atoms with Gasteiger partial charge in [0.2, 0.25) is 0 Å². The van der Waals surface area contributed by atoms with Gasteiger partial charge in [-0.3, -0.25) is 14.4 Å². The van der Waals surface area contributed by atoms with Crippen LogP contribution in [0.25, 0.3) is 0 Å². The van der Waals surface area contributed by atoms with E-state index in [-0.39, 0.29) is 31.1 Å². The van der Waals surface area contributed by atoms with Crippen molar-refractivity contribution in [2.75, 3.05) is 13.2 Å². The van der Waals surface area contributed by atoms with Gasteiger partial charge >= 0.3 is 17.9 Å². The molecule has 0 radical (unpaired) electrons. The first-order valence-corrected chi connectivity index (χ1v) is 27.9. The second kappa shape index (κ2) is 55.7. The van der Waals surface area contributed by atoms with Gasteiger partial charge in [-0.1, -0.05) is 214 Å². The summed E-state index contributed by atoms with van der Waals surface area (Å²) in [6.45, 7) is 6.35. The second-order valence-electron chi connectivity index (χ2n) is 18.1. The molecule has 0 spiro atoms. The van der Waals surface area contributed by atoms with Crippen molar-refractivity contribution in [2.24, 2.45) is 0 Å². The van der Waals surface area contributed by atoms with E-state index in [9.17, 15) is 14.4 Å². The van der Waals surface area contributed by atoms with Crippen molar-refractivity contribution in [1.82, 2.24) is 0 Å². The van der Waals surface area contributed by atoms with E-state index in [1.807, 2.05) is 0 Å². The van der Waals surface area contributed by atoms with Crippen molar-refractivity contribution in [1.29, 1.82) is 0 Å². The minimum absolute atomic E-state index is 0.0965. The molecular formula is C62H102O6. The van der Waals surface area contributed by atoms with Crippen LogP contribution in [0.5, 0.6) is 0 Å². The molecule has 68 heavy (non-hydrogen) atoms. The van der Waals surface area contributed by atoms with Gasteiger partial charge in [0.1, 0.15) is 13.2 Å². The molecule has 386 valence electrons. The van der Waals surface area contributed by atoms with Crippen molar-refractivity contribution >= 4 is 17.9 Å². The molecule has 0 bridgehead atoms. The van der Waals surface area contributed by atoms with Crippen molar-refractivity contribution < 1.29 is 28.6 Å². The van der Waals surface area contributed by atoms with Gasteiger partial charge in [0.25, 0.3) is 0 Å². The molecule has 0 rings (SSSR count). The first-order chi connectivity index (χ1) is 33.5. The summed E-state index contributed by atoms with van der Waals surface area (Å²) in [7, 11) is 0. The van der Waals surface area contributed by atoms with Crippen LogP contribution in [-0.4, -0.2) is 37.2 Å². The van der Waals surface area contributed by atoms with E-state index in [4.69, 9.17) is 14.2 Å². The van der Waals surface area contributed by atoms with Crippen molar-refractivity contribution in [2.45, 2.75) is 252 Å². The number of hydrogen-bond donors (Lipinski definition) is 0. The van der Waals surface area contributed by atoms with Gasteiger partial charge in [-0.05, 0) is 122 Å². The number of rotatable bonds is 49. The highest BCUT2D eigenvalue weighted by molar-refractivity contribution is 5.71. The van der Waals surface area contributed by atoms with Crippen LogP contribution in [0, 0.1) is 0 Å². The number of hydrogen-bond acceptors (Lipinski definition) is 6. The molecule has 0 amide bonds. The standard InChI is InChI=1S/C62H102O6/c1-4-7-10-13-16-19-22-25-27-29-30-31-32-34-35-37-40-43-46-49-52-55-61(64)67-58-59(57-66-60(63)54-51-48-45-42-39-24-21-18-15-12-9-6-3)68-62(65)56-53-50-47-44-41-38-36-33-28-26-23-20-17-14-11-8-5-2/h7-8,10-11,16-21,25-28,30-31,36,38,59H,4-6,9,12-15,22-24,29,32-35,37,39-58H2,1-3H3/b10-7-,11-8-,19-16-,20-17-,21-18-,27-25-,28-26-,31-30-,38-36-. The van der Waals surface area contributed by atoms with Crippen molar-refractivity contribution in [3.8, 4) is 0 Å². The van der Waals surface area contributed by atoms with Crippen LogP contribution in [0.2, 0.25) is 0 Å². The number of allylic oxidation sites excluding steroid dienone is 18. The first kappa shape index (κ1) is 64.1. The molecule has 6 nitrogen and oxygen atoms in total. The zero-order chi connectivity index (χ0) is 49.3. The summed E-state index contributed by atoms with van der Waals surface area (Å²) in [5.41, 5.74) is 0. The Hall–Kier alpha value is -3.93. The van der Waals surface area contributed by atoms with Gasteiger partial charge in [0.05, 0.1) is 0 Å². The highest BCUT2D eigenvalue weighted by Crippen LogP contribution is 2.14. The molecule has 6 heteroatoms. The predicted octanol–water partition coefficient (Wildman–Crippen LogP) is 18.7. The molecule has 0 aliphatic rings. The molecule has 0 aromatic heterocycles. The number of esters is 3. The van der Waals surface area contributed by atoms with Crippen LogP contribution >= 0.6 is 0 Å². The Bertz CT molecular complexity index is 1410. The summed E-state index contributed by atoms with van der Waals surface area (Å²) in [5.74, 6) is -0.938. The van der Waals surface area contributed by atoms with Crippen LogP contribution < -0.4 is 0 Å². The molecule has 0 N–H and O–H groups in total. The van der Waals surface area contributed by atoms with Crippen molar-refractivity contribution in [3.63, 3.8) is 0 Å². The molecular weight excluding hydrogens is 841 g/mol. The van der Waals surface area contributed by atoms with Crippen LogP contribution in [-0.2, 0) is 28.6 Å². The molecule has 0 aliphatic carbocycles. The van der Waals surface area contributed by atoms with Gasteiger partial charge in [-0.2, -0.15) is 0 Å². The lowest BCUT2D eigenvalue weighted by Gasteiger charge is -2.18. The third-order valence-corrected chi connectivity index (χ3v) is 11.5. The first-order valence-electron chi connectivity index (χ1n) is 27.9. The van der Waals surface area contributed by atoms with E-state index in [2.05, 4.69) is 130 Å². The highest BCUT2D eigenvalue weighted by Gasteiger charge is 2.19. The highest BCUT2D eigenvalue weighted by atomic mass is 16.6. The molecule has 0 aromatic rings. The molecule has 0 aromatic carbocycles. The minimum Gasteiger partial charge on any atom is -0.462 e. The minimum atomic E-state index is -0.800. The summed E-state index contributed by atoms with van der Waals surface area (Å²) in [6.07, 6.45) is 75.0. The molecule has 0 saturated heterocycles. The summed E-state index contributed by atoms with van der Waals surface area (Å²) < 4.78 is 16.8. The lowest BCUT2D eigenvalue weighted by Crippen LogP contribution is -2.30. The lowest BCUT2D eigenvalue weighted by atomic mass is 10.1. The SMILES string of the molecule is CC/C=C\C/C=C\C/C=C\C/C=C\CCCCCCCCCCC(=O)OCC(COC(=O)CCCCCCC/C=C\CCCCC)OC(=O)CCCCCC/C=C\C/C=C\C/C=C\C/C=C\CC. The maximum absolute atomic E-state index is 12.8. The van der Waals surface area contributed by atoms with E-state index >= 15 is 0 Å². The average molecular weight is 943 g/mol. The van der Waals surface area contributed by atoms with Crippen LogP contribution in [0.3, 0.4) is 0 Å². The Kier molecular flexibility index (Phi) is 52.4. The topological polar surface area (TPSA) is 78.9 Å². The fourth-order valence-corrected chi connectivity index (χ4v) is 7.36. The second-order valence-corrected chi connectivity index (χ2v) is 18.1. The van der Waals surface area contributed by atoms with E-state index in [0.29, 0.717) is 19.3 Å². The van der Waals surface area contributed by atoms with Gasteiger partial charge < -0.3 is 14.2 Å². The largest absolute Gasteiger partial charge is 0.462 e. The Morgan fingerprint density at radius 1 is 0.309 bits per heavy atom. The molecule has 0 fully saturated rings. The van der Waals surface area contributed by atoms with Crippen molar-refractivity contribution in [3.05, 3.63) is 109 Å². The Morgan fingerprint density at radius 2 is 0.574 bits per heavy atom. The quantitative estimate of drug-likeness (QED) is 0.0262. The van der Waals surface area contributed by atoms with E-state index in [1.165, 1.54) is 64.2 Å². The zero-order valence-electron chi connectivity index (χ0n) is 44.1. The fraction of sp³-hybridized carbons (Fsp3) is 0.661. The summed E-state index contributed by atoms with van der Waals surface area (Å²) in [4.78, 5) is 38.1. The Labute approximate surface area is 419 Å². The summed E-state index contributed by atoms with van der Waals surface area (Å²) in [6, 6.07) is 0. The fourth-order valence-electron chi connectivity index (χ4n) is 7.36. The van der Waals surface area contributed by atoms with Crippen LogP contribution in [0.4, 0.5) is 0 Å². The molecule has 0 aliphatic heterocycles. The third kappa shape index (κ3) is 53.0. The van der Waals surface area contributed by atoms with Gasteiger partial charge in [0, 0.05) is 19.3 Å². The van der Waals surface area contributed by atoms with E-state index < -0.39 is 6.10 Å². The molecule has 0 saturated carbocycles. The molecule has 1 unspecified atom stereocenters. The van der Waals surface area contributed by atoms with Crippen LogP contribution in [0.1, 0.15) is 245 Å². The zero-order valence-corrected chi connectivity index (χ0v) is 44.1. The number of unbranched alkanes of at least 4 members (excludes halogenated alkanes) is 20. The summed E-state index contributed by atoms with van der Waals surface area (Å²) >= 11 is 0. The van der Waals surface area contributed by atoms with Gasteiger partial charge in [0.15, 0.2) is 6.10 Å². The molecule has 0 heterocycles. The Morgan fingerprint density at radius 3 is 0.912 bits per heavy atom. The van der Waals surface area contributed by atoms with E-state index in [0.717, 1.165) is 141 Å². The predicted molar refractivity (Wildman–Crippen MR) is 293 cm³/mol. The maximum atomic E-state index is 12.8. The van der Waals surface area contributed by atoms with Gasteiger partial charge in [-0.15, -0.1) is 0 Å². The Balaban J connectivity index is 4.42. The monoisotopic (exact) mass is 943 g/mol. The maximum Gasteiger partial charge on any atom is 0.306 e. The normalized spacial score (nSPS) is 12.9. The molecule has 1 atom stereocenters.